The van der Waals surface area contributed by atoms with Crippen molar-refractivity contribution in [2.75, 3.05) is 19.7 Å². The summed E-state index contributed by atoms with van der Waals surface area (Å²) in [5.74, 6) is -0.641. The van der Waals surface area contributed by atoms with Gasteiger partial charge < -0.3 is 15.4 Å². The summed E-state index contributed by atoms with van der Waals surface area (Å²) in [6, 6.07) is 5.33. The van der Waals surface area contributed by atoms with Gasteiger partial charge in [-0.3, -0.25) is 4.79 Å². The highest BCUT2D eigenvalue weighted by atomic mass is 19.1. The number of nitrogens with one attached hydrogen (secondary N) is 2. The molecule has 0 saturated carbocycles. The summed E-state index contributed by atoms with van der Waals surface area (Å²) >= 11 is 0. The van der Waals surface area contributed by atoms with E-state index in [-0.39, 0.29) is 11.7 Å². The van der Waals surface area contributed by atoms with Gasteiger partial charge in [0.15, 0.2) is 0 Å². The van der Waals surface area contributed by atoms with E-state index in [4.69, 9.17) is 4.74 Å². The molecule has 0 aliphatic heterocycles. The third-order valence-corrected chi connectivity index (χ3v) is 2.75. The average Bonchev–Trinajstić information content (AvgIpc) is 2.47. The highest BCUT2D eigenvalue weighted by Crippen LogP contribution is 2.02. The van der Waals surface area contributed by atoms with Crippen LogP contribution in [0.4, 0.5) is 9.18 Å². The van der Waals surface area contributed by atoms with Gasteiger partial charge in [-0.25, -0.2) is 9.18 Å². The van der Waals surface area contributed by atoms with E-state index in [1.165, 1.54) is 24.3 Å². The number of alkyl carbamates (subject to hydrolysis) is 1. The predicted octanol–water partition coefficient (Wildman–Crippen LogP) is 2.47. The molecule has 0 saturated heterocycles. The summed E-state index contributed by atoms with van der Waals surface area (Å²) in [7, 11) is 0. The molecule has 0 aliphatic carbocycles. The number of ether oxygens (including phenoxy) is 1. The Morgan fingerprint density at radius 2 is 1.76 bits per heavy atom. The Bertz CT molecular complexity index is 449. The molecule has 1 aromatic carbocycles. The Kier molecular flexibility index (Phi) is 7.86. The van der Waals surface area contributed by atoms with Gasteiger partial charge in [0.25, 0.3) is 5.91 Å². The van der Waals surface area contributed by atoms with Crippen LogP contribution in [-0.2, 0) is 4.74 Å². The van der Waals surface area contributed by atoms with Gasteiger partial charge in [-0.1, -0.05) is 13.3 Å². The smallest absolute Gasteiger partial charge is 0.407 e. The van der Waals surface area contributed by atoms with Gasteiger partial charge >= 0.3 is 6.09 Å². The number of carbonyl (C=O) groups excluding carboxylic acids is 2. The Morgan fingerprint density at radius 1 is 1.10 bits per heavy atom. The number of benzene rings is 1. The molecular formula is C15H21FN2O3. The van der Waals surface area contributed by atoms with E-state index in [2.05, 4.69) is 10.6 Å². The number of halogens is 1. The first-order valence-electron chi connectivity index (χ1n) is 7.08. The van der Waals surface area contributed by atoms with Gasteiger partial charge in [-0.05, 0) is 37.1 Å². The molecular weight excluding hydrogens is 275 g/mol. The second kappa shape index (κ2) is 9.74. The fourth-order valence-corrected chi connectivity index (χ4v) is 1.54. The lowest BCUT2D eigenvalue weighted by Crippen LogP contribution is -2.30. The largest absolute Gasteiger partial charge is 0.450 e. The lowest BCUT2D eigenvalue weighted by molar-refractivity contribution is 0.0953. The molecule has 1 rings (SSSR count). The Morgan fingerprint density at radius 3 is 2.43 bits per heavy atom. The molecule has 116 valence electrons. The maximum atomic E-state index is 12.7. The molecule has 0 spiro atoms. The van der Waals surface area contributed by atoms with Gasteiger partial charge in [-0.2, -0.15) is 0 Å². The van der Waals surface area contributed by atoms with Crippen molar-refractivity contribution in [3.63, 3.8) is 0 Å². The van der Waals surface area contributed by atoms with Gasteiger partial charge in [0.2, 0.25) is 0 Å². The van der Waals surface area contributed by atoms with Gasteiger partial charge in [0.1, 0.15) is 5.82 Å². The van der Waals surface area contributed by atoms with Crippen LogP contribution in [0.1, 0.15) is 36.5 Å². The lowest BCUT2D eigenvalue weighted by atomic mass is 10.2. The van der Waals surface area contributed by atoms with E-state index in [1.807, 2.05) is 6.92 Å². The average molecular weight is 296 g/mol. The van der Waals surface area contributed by atoms with E-state index in [0.29, 0.717) is 31.7 Å². The van der Waals surface area contributed by atoms with Crippen LogP contribution in [0.3, 0.4) is 0 Å². The zero-order valence-corrected chi connectivity index (χ0v) is 12.2. The Balaban J connectivity index is 2.10. The Hall–Kier alpha value is -2.11. The monoisotopic (exact) mass is 296 g/mol. The van der Waals surface area contributed by atoms with Gasteiger partial charge in [0.05, 0.1) is 6.61 Å². The molecule has 0 radical (unpaired) electrons. The van der Waals surface area contributed by atoms with Crippen molar-refractivity contribution in [1.29, 1.82) is 0 Å². The van der Waals surface area contributed by atoms with Crippen molar-refractivity contribution in [2.24, 2.45) is 0 Å². The number of hydrogen-bond acceptors (Lipinski definition) is 3. The predicted molar refractivity (Wildman–Crippen MR) is 77.6 cm³/mol. The number of unbranched alkanes of at least 4 members (excludes halogenated alkanes) is 1. The zero-order valence-electron chi connectivity index (χ0n) is 12.2. The van der Waals surface area contributed by atoms with E-state index in [0.717, 1.165) is 12.8 Å². The second-order valence-corrected chi connectivity index (χ2v) is 4.53. The summed E-state index contributed by atoms with van der Waals surface area (Å²) < 4.78 is 17.6. The van der Waals surface area contributed by atoms with Crippen LogP contribution in [-0.4, -0.2) is 31.7 Å². The first-order valence-corrected chi connectivity index (χ1v) is 7.08. The fourth-order valence-electron chi connectivity index (χ4n) is 1.54. The summed E-state index contributed by atoms with van der Waals surface area (Å²) in [6.45, 7) is 3.29. The number of amides is 2. The maximum Gasteiger partial charge on any atom is 0.407 e. The van der Waals surface area contributed by atoms with E-state index >= 15 is 0 Å². The molecule has 0 aromatic heterocycles. The lowest BCUT2D eigenvalue weighted by Gasteiger charge is -2.07. The highest BCUT2D eigenvalue weighted by molar-refractivity contribution is 5.94. The molecule has 0 unspecified atom stereocenters. The van der Waals surface area contributed by atoms with Crippen molar-refractivity contribution < 1.29 is 18.7 Å². The number of hydrogen-bond donors (Lipinski definition) is 2. The molecule has 0 fully saturated rings. The normalized spacial score (nSPS) is 10.0. The molecule has 21 heavy (non-hydrogen) atoms. The van der Waals surface area contributed by atoms with Crippen LogP contribution in [0.2, 0.25) is 0 Å². The minimum Gasteiger partial charge on any atom is -0.450 e. The number of rotatable bonds is 8. The van der Waals surface area contributed by atoms with Crippen LogP contribution < -0.4 is 10.6 Å². The molecule has 0 aliphatic rings. The second-order valence-electron chi connectivity index (χ2n) is 4.53. The first kappa shape index (κ1) is 16.9. The SMILES string of the molecule is CCCCOC(=O)NCCCNC(=O)c1ccc(F)cc1. The molecule has 2 amide bonds. The first-order chi connectivity index (χ1) is 10.1. The molecule has 1 aromatic rings. The van der Waals surface area contributed by atoms with E-state index in [9.17, 15) is 14.0 Å². The van der Waals surface area contributed by atoms with Crippen LogP contribution >= 0.6 is 0 Å². The molecule has 6 heteroatoms. The third-order valence-electron chi connectivity index (χ3n) is 2.75. The molecule has 5 nitrogen and oxygen atoms in total. The molecule has 0 bridgehead atoms. The van der Waals surface area contributed by atoms with Crippen LogP contribution in [0.15, 0.2) is 24.3 Å². The van der Waals surface area contributed by atoms with Crippen molar-refractivity contribution in [2.45, 2.75) is 26.2 Å². The van der Waals surface area contributed by atoms with Crippen molar-refractivity contribution >= 4 is 12.0 Å². The zero-order chi connectivity index (χ0) is 15.5. The number of carbonyl (C=O) groups is 2. The van der Waals surface area contributed by atoms with Crippen LogP contribution in [0, 0.1) is 5.82 Å². The molecule has 2 N–H and O–H groups in total. The molecule has 0 heterocycles. The quantitative estimate of drug-likeness (QED) is 0.724. The third kappa shape index (κ3) is 7.29. The molecule has 0 atom stereocenters. The van der Waals surface area contributed by atoms with Gasteiger partial charge in [0, 0.05) is 18.7 Å². The highest BCUT2D eigenvalue weighted by Gasteiger charge is 2.05. The minimum atomic E-state index is -0.437. The Labute approximate surface area is 123 Å². The fraction of sp³-hybridized carbons (Fsp3) is 0.467. The van der Waals surface area contributed by atoms with Crippen LogP contribution in [0.5, 0.6) is 0 Å². The van der Waals surface area contributed by atoms with Crippen molar-refractivity contribution in [3.8, 4) is 0 Å². The van der Waals surface area contributed by atoms with Gasteiger partial charge in [-0.15, -0.1) is 0 Å². The topological polar surface area (TPSA) is 67.4 Å². The standard InChI is InChI=1S/C15H21FN2O3/c1-2-3-11-21-15(20)18-10-4-9-17-14(19)12-5-7-13(16)8-6-12/h5-8H,2-4,9-11H2,1H3,(H,17,19)(H,18,20). The summed E-state index contributed by atoms with van der Waals surface area (Å²) in [5, 5.41) is 5.29. The van der Waals surface area contributed by atoms with Crippen LogP contribution in [0.25, 0.3) is 0 Å². The van der Waals surface area contributed by atoms with E-state index in [1.54, 1.807) is 0 Å². The minimum absolute atomic E-state index is 0.263. The summed E-state index contributed by atoms with van der Waals surface area (Å²) in [6.07, 6.45) is 1.98. The van der Waals surface area contributed by atoms with Crippen molar-refractivity contribution in [3.05, 3.63) is 35.6 Å². The summed E-state index contributed by atoms with van der Waals surface area (Å²) in [5.41, 5.74) is 0.406. The summed E-state index contributed by atoms with van der Waals surface area (Å²) in [4.78, 5) is 22.9. The van der Waals surface area contributed by atoms with E-state index < -0.39 is 6.09 Å². The van der Waals surface area contributed by atoms with Crippen molar-refractivity contribution in [1.82, 2.24) is 10.6 Å². The maximum absolute atomic E-state index is 12.7.